The second-order valence-electron chi connectivity index (χ2n) is 7.61. The van der Waals surface area contributed by atoms with E-state index in [1.165, 1.54) is 17.5 Å². The Hall–Kier alpha value is -1.47. The summed E-state index contributed by atoms with van der Waals surface area (Å²) in [4.78, 5) is 12.7. The third-order valence-electron chi connectivity index (χ3n) is 5.89. The normalized spacial score (nSPS) is 19.3. The minimum absolute atomic E-state index is 0.0540. The SMILES string of the molecule is CCOC(=O)c1ccc2cc1CC(OC)(OC)c1cccc(c1)C1(C2)SCCCS1. The molecule has 1 spiro atoms. The van der Waals surface area contributed by atoms with Crippen LogP contribution in [-0.2, 0) is 36.9 Å². The fourth-order valence-corrected chi connectivity index (χ4v) is 7.71. The molecule has 4 rings (SSSR count). The summed E-state index contributed by atoms with van der Waals surface area (Å²) in [7, 11) is 3.32. The summed E-state index contributed by atoms with van der Waals surface area (Å²) in [6.45, 7) is 2.17. The van der Waals surface area contributed by atoms with E-state index in [9.17, 15) is 4.79 Å². The molecular weight excluding hydrogens is 416 g/mol. The van der Waals surface area contributed by atoms with Crippen molar-refractivity contribution in [3.05, 3.63) is 70.3 Å². The smallest absolute Gasteiger partial charge is 0.338 e. The van der Waals surface area contributed by atoms with Gasteiger partial charge in [-0.25, -0.2) is 4.79 Å². The lowest BCUT2D eigenvalue weighted by Gasteiger charge is -2.39. The molecule has 1 aliphatic carbocycles. The van der Waals surface area contributed by atoms with Gasteiger partial charge in [0.25, 0.3) is 0 Å². The Labute approximate surface area is 187 Å². The standard InChI is InChI=1S/C24H28O4S2/c1-4-28-22(25)21-10-9-17-13-18(21)16-23(26-2,27-3)19-7-5-8-20(14-19)24(15-17)29-11-6-12-30-24/h5,7-10,13-14H,4,6,11-12,15-16H2,1-3H3. The van der Waals surface area contributed by atoms with Gasteiger partial charge in [0.1, 0.15) is 0 Å². The average Bonchev–Trinajstić information content (AvgIpc) is 2.78. The summed E-state index contributed by atoms with van der Waals surface area (Å²) in [6.07, 6.45) is 2.57. The number of methoxy groups -OCH3 is 2. The Morgan fingerprint density at radius 2 is 1.73 bits per heavy atom. The maximum atomic E-state index is 12.7. The molecule has 0 atom stereocenters. The molecule has 0 saturated carbocycles. The number of carbonyl (C=O) groups excluding carboxylic acids is 1. The molecule has 1 heterocycles. The van der Waals surface area contributed by atoms with Gasteiger partial charge in [-0.15, -0.1) is 23.5 Å². The molecule has 4 nitrogen and oxygen atoms in total. The molecule has 0 unspecified atom stereocenters. The number of esters is 1. The zero-order chi connectivity index (χ0) is 21.2. The van der Waals surface area contributed by atoms with E-state index in [0.717, 1.165) is 29.1 Å². The summed E-state index contributed by atoms with van der Waals surface area (Å²) >= 11 is 4.04. The molecule has 0 aromatic heterocycles. The molecule has 0 N–H and O–H groups in total. The van der Waals surface area contributed by atoms with Crippen LogP contribution in [0.1, 0.15) is 46.0 Å². The number of fused-ring (bicyclic) bond motifs is 5. The highest BCUT2D eigenvalue weighted by Gasteiger charge is 2.40. The van der Waals surface area contributed by atoms with Crippen LogP contribution in [0, 0.1) is 0 Å². The summed E-state index contributed by atoms with van der Waals surface area (Å²) in [6, 6.07) is 14.7. The van der Waals surface area contributed by atoms with Crippen molar-refractivity contribution in [1.29, 1.82) is 0 Å². The molecule has 6 heteroatoms. The topological polar surface area (TPSA) is 44.8 Å². The quantitative estimate of drug-likeness (QED) is 0.481. The average molecular weight is 445 g/mol. The van der Waals surface area contributed by atoms with Gasteiger partial charge in [-0.05, 0) is 53.7 Å². The van der Waals surface area contributed by atoms with Crippen LogP contribution >= 0.6 is 23.5 Å². The molecule has 1 aliphatic heterocycles. The lowest BCUT2D eigenvalue weighted by Crippen LogP contribution is -2.36. The summed E-state index contributed by atoms with van der Waals surface area (Å²) < 4.78 is 17.2. The van der Waals surface area contributed by atoms with Crippen LogP contribution in [-0.4, -0.2) is 38.3 Å². The van der Waals surface area contributed by atoms with Crippen molar-refractivity contribution in [2.24, 2.45) is 0 Å². The van der Waals surface area contributed by atoms with E-state index in [1.807, 2.05) is 36.5 Å². The number of hydrogen-bond donors (Lipinski definition) is 0. The number of ether oxygens (including phenoxy) is 3. The molecule has 160 valence electrons. The molecule has 2 aromatic carbocycles. The number of thioether (sulfide) groups is 2. The lowest BCUT2D eigenvalue weighted by atomic mass is 9.88. The Bertz CT molecular complexity index is 917. The van der Waals surface area contributed by atoms with Gasteiger partial charge in [-0.1, -0.05) is 30.3 Å². The number of rotatable bonds is 4. The van der Waals surface area contributed by atoms with Crippen LogP contribution in [0.15, 0.2) is 42.5 Å². The molecule has 2 aromatic rings. The monoisotopic (exact) mass is 444 g/mol. The van der Waals surface area contributed by atoms with E-state index < -0.39 is 5.79 Å². The number of hydrogen-bond acceptors (Lipinski definition) is 6. The van der Waals surface area contributed by atoms with E-state index in [-0.39, 0.29) is 10.0 Å². The highest BCUT2D eigenvalue weighted by atomic mass is 32.2. The summed E-state index contributed by atoms with van der Waals surface area (Å²) in [5.74, 6) is 1.01. The Balaban J connectivity index is 1.91. The second-order valence-corrected chi connectivity index (χ2v) is 10.7. The van der Waals surface area contributed by atoms with Gasteiger partial charge < -0.3 is 14.2 Å². The van der Waals surface area contributed by atoms with E-state index in [0.29, 0.717) is 18.6 Å². The first-order valence-electron chi connectivity index (χ1n) is 10.3. The van der Waals surface area contributed by atoms with E-state index in [1.54, 1.807) is 14.2 Å². The third-order valence-corrected chi connectivity index (χ3v) is 9.27. The van der Waals surface area contributed by atoms with Gasteiger partial charge >= 0.3 is 5.97 Å². The molecule has 1 fully saturated rings. The minimum atomic E-state index is -0.974. The first kappa shape index (κ1) is 21.8. The minimum Gasteiger partial charge on any atom is -0.462 e. The first-order valence-corrected chi connectivity index (χ1v) is 12.3. The molecule has 30 heavy (non-hydrogen) atoms. The molecule has 4 bridgehead atoms. The largest absolute Gasteiger partial charge is 0.462 e. The fraction of sp³-hybridized carbons (Fsp3) is 0.458. The molecule has 1 saturated heterocycles. The fourth-order valence-electron chi connectivity index (χ4n) is 4.33. The van der Waals surface area contributed by atoms with Gasteiger partial charge in [0.2, 0.25) is 0 Å². The molecule has 2 aliphatic rings. The predicted molar refractivity (Wildman–Crippen MR) is 123 cm³/mol. The van der Waals surface area contributed by atoms with Crippen LogP contribution in [0.3, 0.4) is 0 Å². The van der Waals surface area contributed by atoms with Crippen LogP contribution in [0.5, 0.6) is 0 Å². The van der Waals surface area contributed by atoms with Crippen molar-refractivity contribution >= 4 is 29.5 Å². The van der Waals surface area contributed by atoms with Gasteiger partial charge in [-0.3, -0.25) is 0 Å². The van der Waals surface area contributed by atoms with Crippen molar-refractivity contribution < 1.29 is 19.0 Å². The van der Waals surface area contributed by atoms with Crippen molar-refractivity contribution in [3.8, 4) is 0 Å². The number of carbonyl (C=O) groups is 1. The summed E-state index contributed by atoms with van der Waals surface area (Å²) in [5, 5.41) is 0. The number of benzene rings is 2. The first-order chi connectivity index (χ1) is 14.6. The van der Waals surface area contributed by atoms with Gasteiger partial charge in [-0.2, -0.15) is 0 Å². The van der Waals surface area contributed by atoms with Crippen LogP contribution < -0.4 is 0 Å². The highest BCUT2D eigenvalue weighted by molar-refractivity contribution is 8.18. The Kier molecular flexibility index (Phi) is 6.49. The molecular formula is C24H28O4S2. The predicted octanol–water partition coefficient (Wildman–Crippen LogP) is 5.13. The second kappa shape index (κ2) is 8.95. The summed E-state index contributed by atoms with van der Waals surface area (Å²) in [5.41, 5.74) is 4.95. The third kappa shape index (κ3) is 3.91. The van der Waals surface area contributed by atoms with Gasteiger partial charge in [0.05, 0.1) is 16.2 Å². The molecule has 0 amide bonds. The van der Waals surface area contributed by atoms with E-state index in [4.69, 9.17) is 14.2 Å². The van der Waals surface area contributed by atoms with Crippen molar-refractivity contribution in [2.75, 3.05) is 32.3 Å². The molecule has 0 radical (unpaired) electrons. The van der Waals surface area contributed by atoms with Crippen molar-refractivity contribution in [2.45, 2.75) is 36.1 Å². The van der Waals surface area contributed by atoms with Crippen molar-refractivity contribution in [3.63, 3.8) is 0 Å². The maximum absolute atomic E-state index is 12.7. The Morgan fingerprint density at radius 1 is 1.00 bits per heavy atom. The van der Waals surface area contributed by atoms with Crippen LogP contribution in [0.25, 0.3) is 0 Å². The van der Waals surface area contributed by atoms with Gasteiger partial charge in [0, 0.05) is 32.6 Å². The van der Waals surface area contributed by atoms with Crippen LogP contribution in [0.4, 0.5) is 0 Å². The van der Waals surface area contributed by atoms with Gasteiger partial charge in [0.15, 0.2) is 5.79 Å². The van der Waals surface area contributed by atoms with E-state index in [2.05, 4.69) is 36.4 Å². The van der Waals surface area contributed by atoms with Crippen LogP contribution in [0.2, 0.25) is 0 Å². The Morgan fingerprint density at radius 3 is 2.43 bits per heavy atom. The highest BCUT2D eigenvalue weighted by Crippen LogP contribution is 2.53. The van der Waals surface area contributed by atoms with E-state index >= 15 is 0 Å². The zero-order valence-corrected chi connectivity index (χ0v) is 19.4. The zero-order valence-electron chi connectivity index (χ0n) is 17.7. The van der Waals surface area contributed by atoms with Crippen molar-refractivity contribution in [1.82, 2.24) is 0 Å². The lowest BCUT2D eigenvalue weighted by molar-refractivity contribution is -0.215. The maximum Gasteiger partial charge on any atom is 0.338 e.